The van der Waals surface area contributed by atoms with Gasteiger partial charge in [-0.2, -0.15) is 0 Å². The number of hydrogen-bond donors (Lipinski definition) is 15. The number of aliphatic imine (C=N–C) groups is 1. The summed E-state index contributed by atoms with van der Waals surface area (Å²) in [6.45, 7) is -1.10. The summed E-state index contributed by atoms with van der Waals surface area (Å²) in [6, 6.07) is 18.5. The van der Waals surface area contributed by atoms with Crippen molar-refractivity contribution in [3.8, 4) is 0 Å². The molecule has 0 bridgehead atoms. The number of unbranched alkanes of at least 4 members (excludes halogenated alkanes) is 1. The number of amides is 2. The summed E-state index contributed by atoms with van der Waals surface area (Å²) in [7, 11) is 0. The number of hydrogen-bond acceptors (Lipinski definition) is 18. The van der Waals surface area contributed by atoms with E-state index in [1.165, 1.54) is 22.6 Å². The van der Waals surface area contributed by atoms with Crippen molar-refractivity contribution in [2.45, 2.75) is 91.2 Å². The van der Waals surface area contributed by atoms with Crippen LogP contribution in [0.25, 0.3) is 10.8 Å². The van der Waals surface area contributed by atoms with Crippen molar-refractivity contribution < 1.29 is 55.5 Å². The molecule has 23 heteroatoms. The van der Waals surface area contributed by atoms with Crippen molar-refractivity contribution in [2.75, 3.05) is 56.2 Å². The second-order valence-corrected chi connectivity index (χ2v) is 18.5. The number of aliphatic hydroxyl groups is 9. The van der Waals surface area contributed by atoms with Gasteiger partial charge in [-0.25, -0.2) is 9.97 Å². The average molecular weight is 1070 g/mol. The number of nitrogens with one attached hydrogen (secondary N) is 2. The molecule has 1 heterocycles. The van der Waals surface area contributed by atoms with Crippen molar-refractivity contribution in [1.29, 1.82) is 0 Å². The SMILES string of the molecule is NC(=NCCCCc1ccc2cc(C[C@H](N)C(=O)Nc3ccc(CCCN(CC[C@@H](O)[C@H](O)[C@H](O)CO)C[C@@](O)(I)[C@@H](O)[C@H](O)[C@H](O)CO)cc3)ccc2c1)NC(=O)c1nc(Cl)c(N)nc1N. The van der Waals surface area contributed by atoms with Crippen LogP contribution in [0, 0.1) is 0 Å². The fourth-order valence-corrected chi connectivity index (χ4v) is 8.02. The summed E-state index contributed by atoms with van der Waals surface area (Å²) in [4.78, 5) is 39.0. The number of nitrogen functional groups attached to an aromatic ring is 2. The third-order valence-electron chi connectivity index (χ3n) is 11.0. The van der Waals surface area contributed by atoms with Gasteiger partial charge in [0.15, 0.2) is 32.1 Å². The van der Waals surface area contributed by atoms with Gasteiger partial charge in [0.05, 0.1) is 25.4 Å². The zero-order valence-corrected chi connectivity index (χ0v) is 39.6. The monoisotopic (exact) mass is 1070 g/mol. The smallest absolute Gasteiger partial charge is 0.280 e. The summed E-state index contributed by atoms with van der Waals surface area (Å²) >= 11 is 7.38. The first-order chi connectivity index (χ1) is 31.7. The number of guanidine groups is 1. The van der Waals surface area contributed by atoms with Crippen LogP contribution in [0.5, 0.6) is 0 Å². The molecule has 21 nitrogen and oxygen atoms in total. The minimum atomic E-state index is -2.01. The van der Waals surface area contributed by atoms with Crippen molar-refractivity contribution in [1.82, 2.24) is 20.2 Å². The van der Waals surface area contributed by atoms with E-state index in [4.69, 9.17) is 39.6 Å². The fourth-order valence-electron chi connectivity index (χ4n) is 7.04. The topological polar surface area (TPSA) is 386 Å². The number of anilines is 3. The van der Waals surface area contributed by atoms with E-state index in [1.807, 2.05) is 42.5 Å². The third-order valence-corrected chi connectivity index (χ3v) is 12.2. The molecule has 19 N–H and O–H groups in total. The van der Waals surface area contributed by atoms with Crippen LogP contribution in [-0.4, -0.2) is 164 Å². The molecule has 0 saturated carbocycles. The van der Waals surface area contributed by atoms with Crippen molar-refractivity contribution in [3.63, 3.8) is 0 Å². The van der Waals surface area contributed by atoms with Crippen molar-refractivity contribution >= 4 is 80.1 Å². The van der Waals surface area contributed by atoms with Crippen LogP contribution in [-0.2, 0) is 24.1 Å². The van der Waals surface area contributed by atoms with Gasteiger partial charge in [-0.3, -0.25) is 24.8 Å². The first-order valence-electron chi connectivity index (χ1n) is 21.5. The van der Waals surface area contributed by atoms with Gasteiger partial charge < -0.3 is 74.2 Å². The van der Waals surface area contributed by atoms with E-state index >= 15 is 0 Å². The maximum Gasteiger partial charge on any atom is 0.280 e. The Morgan fingerprint density at radius 3 is 2.04 bits per heavy atom. The number of aliphatic hydroxyl groups excluding tert-OH is 8. The molecule has 8 atom stereocenters. The summed E-state index contributed by atoms with van der Waals surface area (Å²) < 4.78 is -2.01. The normalized spacial score (nSPS) is 16.2. The molecule has 0 saturated heterocycles. The Balaban J connectivity index is 1.24. The first kappa shape index (κ1) is 55.2. The van der Waals surface area contributed by atoms with Gasteiger partial charge in [-0.05, 0) is 114 Å². The van der Waals surface area contributed by atoms with Crippen molar-refractivity contribution in [3.05, 3.63) is 88.2 Å². The number of halogens is 2. The molecular formula is C44H62ClIN10O11. The molecule has 2 amide bonds. The number of fused-ring (bicyclic) bond motifs is 1. The van der Waals surface area contributed by atoms with Crippen LogP contribution in [0.4, 0.5) is 17.3 Å². The summed E-state index contributed by atoms with van der Waals surface area (Å²) in [6.07, 6.45) is -6.44. The molecule has 4 aromatic rings. The number of carbonyl (C=O) groups is 2. The van der Waals surface area contributed by atoms with E-state index < -0.39 is 65.4 Å². The minimum absolute atomic E-state index is 0.0682. The highest BCUT2D eigenvalue weighted by Crippen LogP contribution is 2.27. The Bertz CT molecular complexity index is 2260. The standard InChI is InChI=1S/C44H62ClIN10O11/c45-38-40(49)54-39(48)34(53-38)42(66)55-43(50)51-15-2-1-4-25-6-10-28-19-26(7-11-27(28)18-25)20-30(47)41(65)52-29-12-8-24(9-13-29)5-3-16-56(17-14-31(59)35(62)32(60)21-57)23-44(46,67)37(64)36(63)33(61)22-58/h6-13,18-19,30-33,35-37,57-64,67H,1-5,14-17,20-23,47H2,(H,52,65)(H4,48,49,54)(H3,50,51,55,66)/t30-,31+,32+,33+,35-,36+,37-,44-/m0/s1. The Hall–Kier alpha value is -4.41. The Labute approximate surface area is 406 Å². The number of aromatic nitrogens is 2. The zero-order chi connectivity index (χ0) is 49.4. The number of nitrogens with two attached hydrogens (primary N) is 4. The molecule has 0 aliphatic rings. The largest absolute Gasteiger partial charge is 0.394 e. The molecule has 0 fully saturated rings. The van der Waals surface area contributed by atoms with Crippen LogP contribution >= 0.6 is 34.2 Å². The van der Waals surface area contributed by atoms with Gasteiger partial charge in [-0.15, -0.1) is 0 Å². The van der Waals surface area contributed by atoms with E-state index in [0.717, 1.165) is 40.3 Å². The van der Waals surface area contributed by atoms with Gasteiger partial charge in [-0.1, -0.05) is 60.1 Å². The quantitative estimate of drug-likeness (QED) is 0.0117. The van der Waals surface area contributed by atoms with Gasteiger partial charge in [0.25, 0.3) is 5.91 Å². The molecule has 3 aromatic carbocycles. The fraction of sp³-hybridized carbons (Fsp3) is 0.477. The molecular weight excluding hydrogens is 1010 g/mol. The second-order valence-electron chi connectivity index (χ2n) is 16.3. The van der Waals surface area contributed by atoms with Crippen LogP contribution in [0.15, 0.2) is 65.7 Å². The molecule has 4 rings (SSSR count). The highest BCUT2D eigenvalue weighted by molar-refractivity contribution is 14.1. The molecule has 0 aliphatic carbocycles. The predicted octanol–water partition coefficient (Wildman–Crippen LogP) is -1.08. The predicted molar refractivity (Wildman–Crippen MR) is 262 cm³/mol. The van der Waals surface area contributed by atoms with E-state index in [9.17, 15) is 50.4 Å². The Kier molecular flexibility index (Phi) is 21.7. The van der Waals surface area contributed by atoms with Crippen LogP contribution in [0.3, 0.4) is 0 Å². The summed E-state index contributed by atoms with van der Waals surface area (Å²) in [5, 5.41) is 97.4. The number of rotatable bonds is 26. The lowest BCUT2D eigenvalue weighted by atomic mass is 9.98. The number of nitrogens with zero attached hydrogens (tertiary/aromatic N) is 4. The highest BCUT2D eigenvalue weighted by atomic mass is 127. The van der Waals surface area contributed by atoms with Gasteiger partial charge in [0, 0.05) is 25.3 Å². The number of alkyl halides is 1. The van der Waals surface area contributed by atoms with E-state index in [2.05, 4.69) is 31.7 Å². The van der Waals surface area contributed by atoms with Gasteiger partial charge >= 0.3 is 0 Å². The van der Waals surface area contributed by atoms with E-state index in [1.54, 1.807) is 17.0 Å². The number of benzene rings is 3. The van der Waals surface area contributed by atoms with E-state index in [0.29, 0.717) is 44.5 Å². The number of carbonyl (C=O) groups excluding carboxylic acids is 2. The molecule has 0 spiro atoms. The van der Waals surface area contributed by atoms with E-state index in [-0.39, 0.29) is 53.9 Å². The van der Waals surface area contributed by atoms with Gasteiger partial charge in [0.2, 0.25) is 5.91 Å². The molecule has 368 valence electrons. The lowest BCUT2D eigenvalue weighted by Gasteiger charge is -2.36. The maximum absolute atomic E-state index is 13.1. The van der Waals surface area contributed by atoms with Crippen molar-refractivity contribution in [2.24, 2.45) is 16.5 Å². The van der Waals surface area contributed by atoms with Crippen LogP contribution in [0.2, 0.25) is 5.15 Å². The van der Waals surface area contributed by atoms with Gasteiger partial charge in [0.1, 0.15) is 30.5 Å². The molecule has 67 heavy (non-hydrogen) atoms. The summed E-state index contributed by atoms with van der Waals surface area (Å²) in [5.41, 5.74) is 26.7. The molecule has 1 aromatic heterocycles. The average Bonchev–Trinajstić information content (AvgIpc) is 3.30. The Morgan fingerprint density at radius 2 is 1.39 bits per heavy atom. The first-order valence-corrected chi connectivity index (χ1v) is 23.0. The third kappa shape index (κ3) is 17.0. The lowest BCUT2D eigenvalue weighted by molar-refractivity contribution is -0.126. The number of aryl methyl sites for hydroxylation is 2. The molecule has 0 radical (unpaired) electrons. The minimum Gasteiger partial charge on any atom is -0.394 e. The summed E-state index contributed by atoms with van der Waals surface area (Å²) in [5.74, 6) is -1.44. The van der Waals surface area contributed by atoms with Crippen LogP contribution < -0.4 is 33.6 Å². The highest BCUT2D eigenvalue weighted by Gasteiger charge is 2.41. The lowest BCUT2D eigenvalue weighted by Crippen LogP contribution is -2.55. The molecule has 0 aliphatic heterocycles. The molecule has 0 unspecified atom stereocenters. The second kappa shape index (κ2) is 26.4. The Morgan fingerprint density at radius 1 is 0.791 bits per heavy atom. The maximum atomic E-state index is 13.1. The van der Waals surface area contributed by atoms with Crippen LogP contribution in [0.1, 0.15) is 52.9 Å². The zero-order valence-electron chi connectivity index (χ0n) is 36.7.